The maximum atomic E-state index is 9.27. The Morgan fingerprint density at radius 1 is 1.15 bits per heavy atom. The third kappa shape index (κ3) is 4.71. The van der Waals surface area contributed by atoms with Crippen LogP contribution >= 0.6 is 0 Å². The number of nitrogens with one attached hydrogen (secondary N) is 1. The van der Waals surface area contributed by atoms with E-state index in [-0.39, 0.29) is 0 Å². The minimum Gasteiger partial charge on any atom is -0.396 e. The van der Waals surface area contributed by atoms with Crippen LogP contribution < -0.4 is 5.32 Å². The van der Waals surface area contributed by atoms with Gasteiger partial charge in [-0.3, -0.25) is 4.90 Å². The molecule has 0 aromatic heterocycles. The van der Waals surface area contributed by atoms with Gasteiger partial charge in [0.25, 0.3) is 0 Å². The summed E-state index contributed by atoms with van der Waals surface area (Å²) in [6.45, 7) is 7.35. The zero-order valence-electron chi connectivity index (χ0n) is 13.5. The lowest BCUT2D eigenvalue weighted by Crippen LogP contribution is -2.54. The molecular weight excluding hydrogens is 248 g/mol. The summed E-state index contributed by atoms with van der Waals surface area (Å²) in [5.74, 6) is 0.670. The third-order valence-electron chi connectivity index (χ3n) is 5.39. The predicted molar refractivity (Wildman–Crippen MR) is 84.9 cm³/mol. The van der Waals surface area contributed by atoms with Crippen molar-refractivity contribution in [2.45, 2.75) is 83.3 Å². The molecule has 20 heavy (non-hydrogen) atoms. The molecular formula is C17H34N2O. The maximum absolute atomic E-state index is 9.27. The summed E-state index contributed by atoms with van der Waals surface area (Å²) in [4.78, 5) is 2.64. The van der Waals surface area contributed by atoms with Gasteiger partial charge in [0.2, 0.25) is 0 Å². The van der Waals surface area contributed by atoms with E-state index in [0.29, 0.717) is 24.6 Å². The topological polar surface area (TPSA) is 35.5 Å². The van der Waals surface area contributed by atoms with Gasteiger partial charge in [0.15, 0.2) is 0 Å². The molecule has 1 saturated carbocycles. The van der Waals surface area contributed by atoms with Crippen molar-refractivity contribution in [1.29, 1.82) is 0 Å². The lowest BCUT2D eigenvalue weighted by Gasteiger charge is -2.42. The van der Waals surface area contributed by atoms with Crippen LogP contribution in [0.1, 0.15) is 65.2 Å². The highest BCUT2D eigenvalue weighted by molar-refractivity contribution is 4.88. The van der Waals surface area contributed by atoms with E-state index < -0.39 is 0 Å². The normalized spacial score (nSPS) is 31.4. The number of aliphatic hydroxyl groups is 1. The molecule has 3 heteroatoms. The zero-order valence-corrected chi connectivity index (χ0v) is 13.5. The Kier molecular flexibility index (Phi) is 6.79. The van der Waals surface area contributed by atoms with Crippen LogP contribution in [0, 0.1) is 5.92 Å². The molecule has 0 amide bonds. The van der Waals surface area contributed by atoms with E-state index >= 15 is 0 Å². The zero-order chi connectivity index (χ0) is 14.4. The minimum absolute atomic E-state index is 0.342. The SMILES string of the molecule is CCC(C)N1CC(CCO)CC(NC2CCCCC2)C1. The van der Waals surface area contributed by atoms with Gasteiger partial charge in [-0.2, -0.15) is 0 Å². The van der Waals surface area contributed by atoms with E-state index in [1.807, 2.05) is 0 Å². The Bertz CT molecular complexity index is 264. The molecule has 1 saturated heterocycles. The lowest BCUT2D eigenvalue weighted by atomic mass is 9.88. The molecule has 3 nitrogen and oxygen atoms in total. The molecule has 0 spiro atoms. The number of aliphatic hydroxyl groups excluding tert-OH is 1. The summed E-state index contributed by atoms with van der Waals surface area (Å²) in [6.07, 6.45) is 10.4. The molecule has 118 valence electrons. The van der Waals surface area contributed by atoms with Crippen molar-refractivity contribution >= 4 is 0 Å². The molecule has 3 atom stereocenters. The first-order valence-corrected chi connectivity index (χ1v) is 8.83. The number of piperidine rings is 1. The summed E-state index contributed by atoms with van der Waals surface area (Å²) in [5, 5.41) is 13.2. The number of rotatable bonds is 6. The second-order valence-electron chi connectivity index (χ2n) is 7.02. The van der Waals surface area contributed by atoms with Crippen molar-refractivity contribution in [3.63, 3.8) is 0 Å². The molecule has 0 aromatic carbocycles. The largest absolute Gasteiger partial charge is 0.396 e. The van der Waals surface area contributed by atoms with Gasteiger partial charge < -0.3 is 10.4 Å². The quantitative estimate of drug-likeness (QED) is 0.786. The van der Waals surface area contributed by atoms with Gasteiger partial charge in [-0.15, -0.1) is 0 Å². The predicted octanol–water partition coefficient (Wildman–Crippen LogP) is 2.78. The molecule has 0 bridgehead atoms. The van der Waals surface area contributed by atoms with Gasteiger partial charge in [0, 0.05) is 37.8 Å². The van der Waals surface area contributed by atoms with Crippen molar-refractivity contribution in [3.05, 3.63) is 0 Å². The van der Waals surface area contributed by atoms with Crippen LogP contribution in [-0.4, -0.2) is 47.8 Å². The van der Waals surface area contributed by atoms with Gasteiger partial charge in [-0.1, -0.05) is 26.2 Å². The lowest BCUT2D eigenvalue weighted by molar-refractivity contribution is 0.0828. The summed E-state index contributed by atoms with van der Waals surface area (Å²) in [5.41, 5.74) is 0. The molecule has 1 aliphatic carbocycles. The van der Waals surface area contributed by atoms with Crippen LogP contribution in [0.25, 0.3) is 0 Å². The van der Waals surface area contributed by atoms with Crippen molar-refractivity contribution in [3.8, 4) is 0 Å². The minimum atomic E-state index is 0.342. The van der Waals surface area contributed by atoms with Gasteiger partial charge in [0.05, 0.1) is 0 Å². The van der Waals surface area contributed by atoms with E-state index in [1.165, 1.54) is 58.0 Å². The Morgan fingerprint density at radius 2 is 1.90 bits per heavy atom. The molecule has 2 aliphatic rings. The van der Waals surface area contributed by atoms with E-state index in [0.717, 1.165) is 12.5 Å². The van der Waals surface area contributed by atoms with Crippen molar-refractivity contribution < 1.29 is 5.11 Å². The number of hydrogen-bond acceptors (Lipinski definition) is 3. The monoisotopic (exact) mass is 282 g/mol. The second kappa shape index (κ2) is 8.35. The van der Waals surface area contributed by atoms with E-state index in [4.69, 9.17) is 0 Å². The van der Waals surface area contributed by atoms with E-state index in [1.54, 1.807) is 0 Å². The van der Waals surface area contributed by atoms with Crippen LogP contribution in [-0.2, 0) is 0 Å². The molecule has 3 unspecified atom stereocenters. The molecule has 0 aromatic rings. The molecule has 1 heterocycles. The van der Waals surface area contributed by atoms with Crippen molar-refractivity contribution in [2.75, 3.05) is 19.7 Å². The van der Waals surface area contributed by atoms with Crippen molar-refractivity contribution in [1.82, 2.24) is 10.2 Å². The smallest absolute Gasteiger partial charge is 0.0434 e. The Hall–Kier alpha value is -0.120. The van der Waals surface area contributed by atoms with Crippen LogP contribution in [0.5, 0.6) is 0 Å². The second-order valence-corrected chi connectivity index (χ2v) is 7.02. The van der Waals surface area contributed by atoms with Crippen molar-refractivity contribution in [2.24, 2.45) is 5.92 Å². The number of hydrogen-bond donors (Lipinski definition) is 2. The van der Waals surface area contributed by atoms with Crippen LogP contribution in [0.3, 0.4) is 0 Å². The molecule has 1 aliphatic heterocycles. The average Bonchev–Trinajstić information content (AvgIpc) is 2.47. The highest BCUT2D eigenvalue weighted by atomic mass is 16.3. The molecule has 0 radical (unpaired) electrons. The van der Waals surface area contributed by atoms with E-state index in [2.05, 4.69) is 24.1 Å². The van der Waals surface area contributed by atoms with Crippen LogP contribution in [0.2, 0.25) is 0 Å². The standard InChI is InChI=1S/C17H34N2O/c1-3-14(2)19-12-15(9-10-20)11-17(13-19)18-16-7-5-4-6-8-16/h14-18,20H,3-13H2,1-2H3. The Morgan fingerprint density at radius 3 is 2.55 bits per heavy atom. The summed E-state index contributed by atoms with van der Waals surface area (Å²) >= 11 is 0. The fourth-order valence-corrected chi connectivity index (χ4v) is 3.97. The van der Waals surface area contributed by atoms with Gasteiger partial charge >= 0.3 is 0 Å². The summed E-state index contributed by atoms with van der Waals surface area (Å²) < 4.78 is 0. The number of likely N-dealkylation sites (tertiary alicyclic amines) is 1. The Labute approximate surface area is 125 Å². The first-order valence-electron chi connectivity index (χ1n) is 8.83. The summed E-state index contributed by atoms with van der Waals surface area (Å²) in [6, 6.07) is 2.06. The summed E-state index contributed by atoms with van der Waals surface area (Å²) in [7, 11) is 0. The Balaban J connectivity index is 1.88. The van der Waals surface area contributed by atoms with Gasteiger partial charge in [-0.25, -0.2) is 0 Å². The fraction of sp³-hybridized carbons (Fsp3) is 1.00. The highest BCUT2D eigenvalue weighted by Gasteiger charge is 2.30. The third-order valence-corrected chi connectivity index (χ3v) is 5.39. The van der Waals surface area contributed by atoms with Gasteiger partial charge in [-0.05, 0) is 44.9 Å². The average molecular weight is 282 g/mol. The number of nitrogens with zero attached hydrogens (tertiary/aromatic N) is 1. The fourth-order valence-electron chi connectivity index (χ4n) is 3.97. The molecule has 2 rings (SSSR count). The maximum Gasteiger partial charge on any atom is 0.0434 e. The van der Waals surface area contributed by atoms with Crippen LogP contribution in [0.4, 0.5) is 0 Å². The first-order chi connectivity index (χ1) is 9.72. The van der Waals surface area contributed by atoms with Gasteiger partial charge in [0.1, 0.15) is 0 Å². The molecule has 2 fully saturated rings. The molecule has 2 N–H and O–H groups in total. The van der Waals surface area contributed by atoms with E-state index in [9.17, 15) is 5.11 Å². The first kappa shape index (κ1) is 16.3. The van der Waals surface area contributed by atoms with Crippen LogP contribution in [0.15, 0.2) is 0 Å². The highest BCUT2D eigenvalue weighted by Crippen LogP contribution is 2.25.